The minimum atomic E-state index is 0.0391. The van der Waals surface area contributed by atoms with E-state index in [-0.39, 0.29) is 17.0 Å². The average molecular weight is 549 g/mol. The van der Waals surface area contributed by atoms with E-state index in [1.54, 1.807) is 0 Å². The van der Waals surface area contributed by atoms with Crippen LogP contribution in [0.15, 0.2) is 142 Å². The third-order valence-electron chi connectivity index (χ3n) is 7.68. The van der Waals surface area contributed by atoms with Crippen LogP contribution in [0.25, 0.3) is 0 Å². The lowest BCUT2D eigenvalue weighted by Gasteiger charge is -2.32. The van der Waals surface area contributed by atoms with Crippen molar-refractivity contribution in [3.63, 3.8) is 0 Å². The Morgan fingerprint density at radius 1 is 0.634 bits per heavy atom. The van der Waals surface area contributed by atoms with E-state index in [9.17, 15) is 9.59 Å². The molecule has 0 unspecified atom stereocenters. The van der Waals surface area contributed by atoms with Gasteiger partial charge in [0.05, 0.1) is 0 Å². The largest absolute Gasteiger partial charge is 0.295 e. The molecule has 0 aromatic heterocycles. The van der Waals surface area contributed by atoms with E-state index in [2.05, 4.69) is 103 Å². The molecule has 2 aliphatic carbocycles. The van der Waals surface area contributed by atoms with Gasteiger partial charge in [-0.1, -0.05) is 128 Å². The fourth-order valence-electron chi connectivity index (χ4n) is 4.77. The molecule has 0 spiro atoms. The van der Waals surface area contributed by atoms with Crippen LogP contribution in [-0.2, 0) is 9.59 Å². The molecule has 0 heterocycles. The Kier molecular flexibility index (Phi) is 12.9. The molecule has 0 saturated heterocycles. The molecular formula is C39H48O2. The SMILES string of the molecule is C=C1CCC(=O)C(C)=C1/C=C/C(C)=C/C=C/C(C)=C/C=C/C=C(C)/C=C/C=C(C)/C=C/C1=C(C)C(=O)CCC1(C)C. The molecule has 0 aromatic carbocycles. The van der Waals surface area contributed by atoms with Crippen molar-refractivity contribution in [2.24, 2.45) is 5.41 Å². The number of carbonyl (C=O) groups is 2. The summed E-state index contributed by atoms with van der Waals surface area (Å²) in [6.07, 6.45) is 31.8. The summed E-state index contributed by atoms with van der Waals surface area (Å²) in [7, 11) is 0. The monoisotopic (exact) mass is 548 g/mol. The summed E-state index contributed by atoms with van der Waals surface area (Å²) < 4.78 is 0. The van der Waals surface area contributed by atoms with Gasteiger partial charge in [0, 0.05) is 12.8 Å². The van der Waals surface area contributed by atoms with Gasteiger partial charge in [0.15, 0.2) is 11.6 Å². The molecule has 0 amide bonds. The first kappa shape index (κ1) is 33.4. The molecule has 0 atom stereocenters. The standard InChI is InChI=1S/C39H48O2/c1-28(16-12-18-30(3)20-23-35-32(5)22-25-37(40)33(35)6)14-10-11-15-29(2)17-13-19-31(4)21-24-36-34(7)38(41)26-27-39(36,8)9/h10-21,23-24H,5,22,25-27H2,1-4,6-9H3/b11-10+,16-12+,17-13+,23-20+,24-21+,28-14+,29-15+,30-18+,31-19+. The highest BCUT2D eigenvalue weighted by Crippen LogP contribution is 2.39. The second kappa shape index (κ2) is 15.9. The highest BCUT2D eigenvalue weighted by atomic mass is 16.1. The van der Waals surface area contributed by atoms with Gasteiger partial charge in [-0.3, -0.25) is 9.59 Å². The van der Waals surface area contributed by atoms with Crippen molar-refractivity contribution in [3.8, 4) is 0 Å². The molecule has 216 valence electrons. The van der Waals surface area contributed by atoms with Crippen molar-refractivity contribution in [1.29, 1.82) is 0 Å². The molecule has 2 aliphatic rings. The first-order chi connectivity index (χ1) is 19.3. The zero-order valence-corrected chi connectivity index (χ0v) is 26.4. The van der Waals surface area contributed by atoms with Crippen LogP contribution in [0, 0.1) is 5.41 Å². The topological polar surface area (TPSA) is 34.1 Å². The maximum absolute atomic E-state index is 12.1. The van der Waals surface area contributed by atoms with Crippen LogP contribution >= 0.6 is 0 Å². The molecule has 41 heavy (non-hydrogen) atoms. The summed E-state index contributed by atoms with van der Waals surface area (Å²) >= 11 is 0. The summed E-state index contributed by atoms with van der Waals surface area (Å²) in [5, 5.41) is 0. The highest BCUT2D eigenvalue weighted by Gasteiger charge is 2.30. The quantitative estimate of drug-likeness (QED) is 0.254. The Hall–Kier alpha value is -3.78. The Morgan fingerprint density at radius 2 is 1.10 bits per heavy atom. The van der Waals surface area contributed by atoms with Gasteiger partial charge < -0.3 is 0 Å². The maximum atomic E-state index is 12.1. The van der Waals surface area contributed by atoms with E-state index in [1.807, 2.05) is 44.2 Å². The Bertz CT molecular complexity index is 1380. The summed E-state index contributed by atoms with van der Waals surface area (Å²) in [4.78, 5) is 24.1. The molecule has 0 saturated carbocycles. The maximum Gasteiger partial charge on any atom is 0.159 e. The molecule has 2 heteroatoms. The van der Waals surface area contributed by atoms with Gasteiger partial charge in [-0.2, -0.15) is 0 Å². The molecular weight excluding hydrogens is 500 g/mol. The van der Waals surface area contributed by atoms with Crippen LogP contribution in [0.5, 0.6) is 0 Å². The van der Waals surface area contributed by atoms with E-state index in [1.165, 1.54) is 0 Å². The molecule has 2 nitrogen and oxygen atoms in total. The van der Waals surface area contributed by atoms with Crippen molar-refractivity contribution in [2.75, 3.05) is 0 Å². The molecule has 0 bridgehead atoms. The van der Waals surface area contributed by atoms with E-state index >= 15 is 0 Å². The predicted molar refractivity (Wildman–Crippen MR) is 178 cm³/mol. The number of allylic oxidation sites excluding steroid dienone is 23. The molecule has 2 rings (SSSR count). The number of Topliss-reactive ketones (excluding diaryl/α,β-unsaturated/α-hetero) is 2. The molecule has 0 aliphatic heterocycles. The number of hydrogen-bond donors (Lipinski definition) is 0. The summed E-state index contributed by atoms with van der Waals surface area (Å²) in [5.74, 6) is 0.488. The number of rotatable bonds is 10. The van der Waals surface area contributed by atoms with Crippen LogP contribution < -0.4 is 0 Å². The molecule has 0 radical (unpaired) electrons. The zero-order chi connectivity index (χ0) is 30.6. The van der Waals surface area contributed by atoms with Crippen molar-refractivity contribution < 1.29 is 9.59 Å². The Labute approximate surface area is 249 Å². The number of hydrogen-bond acceptors (Lipinski definition) is 2. The van der Waals surface area contributed by atoms with Crippen LogP contribution in [0.1, 0.15) is 81.1 Å². The fraction of sp³-hybridized carbons (Fsp3) is 0.333. The van der Waals surface area contributed by atoms with E-state index < -0.39 is 0 Å². The minimum Gasteiger partial charge on any atom is -0.295 e. The molecule has 0 N–H and O–H groups in total. The smallest absolute Gasteiger partial charge is 0.159 e. The average Bonchev–Trinajstić information content (AvgIpc) is 2.91. The van der Waals surface area contributed by atoms with Crippen molar-refractivity contribution in [3.05, 3.63) is 142 Å². The highest BCUT2D eigenvalue weighted by molar-refractivity contribution is 5.98. The third-order valence-corrected chi connectivity index (χ3v) is 7.68. The summed E-state index contributed by atoms with van der Waals surface area (Å²) in [6.45, 7) is 20.7. The second-order valence-corrected chi connectivity index (χ2v) is 11.8. The van der Waals surface area contributed by atoms with Crippen LogP contribution in [0.3, 0.4) is 0 Å². The zero-order valence-electron chi connectivity index (χ0n) is 26.4. The number of ketones is 2. The van der Waals surface area contributed by atoms with Crippen LogP contribution in [-0.4, -0.2) is 11.6 Å². The summed E-state index contributed by atoms with van der Waals surface area (Å²) in [5.41, 5.74) is 9.50. The van der Waals surface area contributed by atoms with E-state index in [0.717, 1.165) is 63.0 Å². The van der Waals surface area contributed by atoms with Crippen LogP contribution in [0.4, 0.5) is 0 Å². The van der Waals surface area contributed by atoms with E-state index in [0.29, 0.717) is 12.8 Å². The van der Waals surface area contributed by atoms with Gasteiger partial charge in [-0.25, -0.2) is 0 Å². The lowest BCUT2D eigenvalue weighted by Crippen LogP contribution is -2.24. The van der Waals surface area contributed by atoms with Gasteiger partial charge in [0.2, 0.25) is 0 Å². The van der Waals surface area contributed by atoms with Gasteiger partial charge in [0.1, 0.15) is 0 Å². The summed E-state index contributed by atoms with van der Waals surface area (Å²) in [6, 6.07) is 0. The Balaban J connectivity index is 1.91. The minimum absolute atomic E-state index is 0.0391. The lowest BCUT2D eigenvalue weighted by molar-refractivity contribution is -0.117. The lowest BCUT2D eigenvalue weighted by atomic mass is 9.72. The fourth-order valence-corrected chi connectivity index (χ4v) is 4.77. The predicted octanol–water partition coefficient (Wildman–Crippen LogP) is 10.5. The van der Waals surface area contributed by atoms with Gasteiger partial charge in [0.25, 0.3) is 0 Å². The van der Waals surface area contributed by atoms with Crippen LogP contribution in [0.2, 0.25) is 0 Å². The Morgan fingerprint density at radius 3 is 1.66 bits per heavy atom. The molecule has 0 aromatic rings. The van der Waals surface area contributed by atoms with Crippen molar-refractivity contribution in [1.82, 2.24) is 0 Å². The van der Waals surface area contributed by atoms with Crippen molar-refractivity contribution >= 4 is 11.6 Å². The first-order valence-electron chi connectivity index (χ1n) is 14.6. The first-order valence-corrected chi connectivity index (χ1v) is 14.6. The third kappa shape index (κ3) is 11.0. The van der Waals surface area contributed by atoms with E-state index in [4.69, 9.17) is 0 Å². The number of carbonyl (C=O) groups excluding carboxylic acids is 2. The van der Waals surface area contributed by atoms with Gasteiger partial charge in [-0.05, 0) is 87.7 Å². The second-order valence-electron chi connectivity index (χ2n) is 11.8. The van der Waals surface area contributed by atoms with Crippen molar-refractivity contribution in [2.45, 2.75) is 81.1 Å². The molecule has 0 fully saturated rings. The normalized spacial score (nSPS) is 20.5. The van der Waals surface area contributed by atoms with Gasteiger partial charge in [-0.15, -0.1) is 0 Å². The van der Waals surface area contributed by atoms with Gasteiger partial charge >= 0.3 is 0 Å².